The number of rotatable bonds is 8. The first-order valence-electron chi connectivity index (χ1n) is 8.71. The van der Waals surface area contributed by atoms with Gasteiger partial charge in [0, 0.05) is 18.4 Å². The van der Waals surface area contributed by atoms with Crippen LogP contribution in [0.3, 0.4) is 0 Å². The second-order valence-corrected chi connectivity index (χ2v) is 6.45. The predicted octanol–water partition coefficient (Wildman–Crippen LogP) is 1.40. The maximum Gasteiger partial charge on any atom is 0.219 e. The highest BCUT2D eigenvalue weighted by atomic mass is 16.5. The number of ether oxygens (including phenoxy) is 1. The number of amides is 1. The summed E-state index contributed by atoms with van der Waals surface area (Å²) in [5, 5.41) is 11.1. The van der Waals surface area contributed by atoms with E-state index in [1.54, 1.807) is 0 Å². The third-order valence-electron chi connectivity index (χ3n) is 4.39. The Balaban J connectivity index is 0.000000450. The number of primary amides is 1. The molecule has 4 N–H and O–H groups in total. The molecule has 6 nitrogen and oxygen atoms in total. The molecule has 1 saturated carbocycles. The fourth-order valence-corrected chi connectivity index (χ4v) is 2.92. The van der Waals surface area contributed by atoms with E-state index in [0.29, 0.717) is 12.7 Å². The van der Waals surface area contributed by atoms with E-state index in [4.69, 9.17) is 9.84 Å². The summed E-state index contributed by atoms with van der Waals surface area (Å²) in [6, 6.07) is 10.2. The van der Waals surface area contributed by atoms with E-state index in [1.165, 1.54) is 5.56 Å². The van der Waals surface area contributed by atoms with Crippen molar-refractivity contribution in [3.63, 3.8) is 0 Å². The van der Waals surface area contributed by atoms with Gasteiger partial charge in [-0.15, -0.1) is 0 Å². The standard InChI is InChI=1S/C16H23NO2.C3H7NO2/c1-17-12-16(13-18)9-7-15(8-10-16)19-11-14-5-3-2-4-6-14;4-3(6)1-2-5/h2-6,13,15,17H,7-12H2,1H3;5H,1-2H2,(H2,4,6). The number of aldehydes is 1. The zero-order valence-electron chi connectivity index (χ0n) is 14.9. The molecule has 0 radical (unpaired) electrons. The Labute approximate surface area is 149 Å². The number of hydrogen-bond donors (Lipinski definition) is 3. The van der Waals surface area contributed by atoms with Gasteiger partial charge < -0.3 is 25.7 Å². The molecule has 0 aromatic heterocycles. The van der Waals surface area contributed by atoms with Crippen molar-refractivity contribution in [1.82, 2.24) is 5.32 Å². The molecule has 6 heteroatoms. The summed E-state index contributed by atoms with van der Waals surface area (Å²) in [5.74, 6) is -0.461. The minimum atomic E-state index is -0.461. The molecule has 0 atom stereocenters. The Kier molecular flexibility index (Phi) is 9.99. The topological polar surface area (TPSA) is 102 Å². The van der Waals surface area contributed by atoms with Gasteiger partial charge in [0.2, 0.25) is 5.91 Å². The first-order chi connectivity index (χ1) is 12.0. The first-order valence-corrected chi connectivity index (χ1v) is 8.71. The van der Waals surface area contributed by atoms with E-state index in [0.717, 1.165) is 38.5 Å². The molecule has 140 valence electrons. The fraction of sp³-hybridized carbons (Fsp3) is 0.579. The molecule has 1 aromatic rings. The third kappa shape index (κ3) is 8.25. The average Bonchev–Trinajstić information content (AvgIpc) is 2.63. The van der Waals surface area contributed by atoms with Crippen molar-refractivity contribution in [2.24, 2.45) is 11.1 Å². The van der Waals surface area contributed by atoms with Crippen LogP contribution < -0.4 is 11.1 Å². The minimum absolute atomic E-state index is 0.0694. The van der Waals surface area contributed by atoms with Gasteiger partial charge in [-0.2, -0.15) is 0 Å². The van der Waals surface area contributed by atoms with Crippen molar-refractivity contribution in [2.75, 3.05) is 20.2 Å². The molecule has 1 fully saturated rings. The van der Waals surface area contributed by atoms with Crippen molar-refractivity contribution in [3.8, 4) is 0 Å². The van der Waals surface area contributed by atoms with E-state index in [2.05, 4.69) is 23.2 Å². The Bertz CT molecular complexity index is 499. The van der Waals surface area contributed by atoms with Crippen molar-refractivity contribution in [2.45, 2.75) is 44.8 Å². The molecule has 1 aromatic carbocycles. The molecule has 0 aliphatic heterocycles. The highest BCUT2D eigenvalue weighted by Crippen LogP contribution is 2.35. The lowest BCUT2D eigenvalue weighted by Gasteiger charge is -2.35. The number of carbonyl (C=O) groups excluding carboxylic acids is 2. The molecule has 0 heterocycles. The van der Waals surface area contributed by atoms with Crippen LogP contribution in [0.2, 0.25) is 0 Å². The summed E-state index contributed by atoms with van der Waals surface area (Å²) in [7, 11) is 1.91. The lowest BCUT2D eigenvalue weighted by molar-refractivity contribution is -0.120. The van der Waals surface area contributed by atoms with Crippen LogP contribution >= 0.6 is 0 Å². The molecular weight excluding hydrogens is 320 g/mol. The van der Waals surface area contributed by atoms with Gasteiger partial charge in [-0.25, -0.2) is 0 Å². The van der Waals surface area contributed by atoms with Gasteiger partial charge >= 0.3 is 0 Å². The summed E-state index contributed by atoms with van der Waals surface area (Å²) in [6.45, 7) is 1.31. The van der Waals surface area contributed by atoms with Crippen LogP contribution in [-0.4, -0.2) is 43.6 Å². The Morgan fingerprint density at radius 3 is 2.44 bits per heavy atom. The van der Waals surface area contributed by atoms with E-state index in [-0.39, 0.29) is 18.4 Å². The lowest BCUT2D eigenvalue weighted by atomic mass is 9.74. The molecule has 1 aliphatic rings. The largest absolute Gasteiger partial charge is 0.396 e. The normalized spacial score (nSPS) is 22.6. The molecule has 0 bridgehead atoms. The van der Waals surface area contributed by atoms with Crippen LogP contribution in [0.5, 0.6) is 0 Å². The lowest BCUT2D eigenvalue weighted by Crippen LogP contribution is -2.39. The van der Waals surface area contributed by atoms with E-state index < -0.39 is 5.91 Å². The molecule has 1 aliphatic carbocycles. The molecule has 0 unspecified atom stereocenters. The molecule has 0 saturated heterocycles. The van der Waals surface area contributed by atoms with Crippen LogP contribution in [0.4, 0.5) is 0 Å². The third-order valence-corrected chi connectivity index (χ3v) is 4.39. The smallest absolute Gasteiger partial charge is 0.219 e. The maximum atomic E-state index is 11.3. The summed E-state index contributed by atoms with van der Waals surface area (Å²) in [5.41, 5.74) is 5.65. The zero-order chi connectivity index (χ0) is 18.5. The van der Waals surface area contributed by atoms with Gasteiger partial charge in [-0.3, -0.25) is 4.79 Å². The van der Waals surface area contributed by atoms with Gasteiger partial charge in [-0.05, 0) is 38.3 Å². The van der Waals surface area contributed by atoms with E-state index in [1.807, 2.05) is 25.2 Å². The summed E-state index contributed by atoms with van der Waals surface area (Å²) in [6.07, 6.45) is 5.32. The van der Waals surface area contributed by atoms with Gasteiger partial charge in [0.25, 0.3) is 0 Å². The number of aliphatic hydroxyl groups is 1. The van der Waals surface area contributed by atoms with Crippen LogP contribution in [0.1, 0.15) is 37.7 Å². The monoisotopic (exact) mass is 350 g/mol. The Morgan fingerprint density at radius 1 is 1.36 bits per heavy atom. The van der Waals surface area contributed by atoms with Crippen molar-refractivity contribution in [3.05, 3.63) is 35.9 Å². The highest BCUT2D eigenvalue weighted by Gasteiger charge is 2.34. The minimum Gasteiger partial charge on any atom is -0.396 e. The van der Waals surface area contributed by atoms with Gasteiger partial charge in [-0.1, -0.05) is 30.3 Å². The number of benzene rings is 1. The number of nitrogens with two attached hydrogens (primary N) is 1. The average molecular weight is 350 g/mol. The molecular formula is C19H30N2O4. The molecule has 1 amide bonds. The van der Waals surface area contributed by atoms with Crippen molar-refractivity contribution in [1.29, 1.82) is 0 Å². The summed E-state index contributed by atoms with van der Waals surface area (Å²) < 4.78 is 5.95. The van der Waals surface area contributed by atoms with Crippen molar-refractivity contribution < 1.29 is 19.4 Å². The predicted molar refractivity (Wildman–Crippen MR) is 96.8 cm³/mol. The number of aliphatic hydroxyl groups excluding tert-OH is 1. The van der Waals surface area contributed by atoms with Crippen LogP contribution in [0, 0.1) is 5.41 Å². The van der Waals surface area contributed by atoms with Gasteiger partial charge in [0.15, 0.2) is 0 Å². The SMILES string of the molecule is CNCC1(C=O)CCC(OCc2ccccc2)CC1.NC(=O)CCO. The van der Waals surface area contributed by atoms with Crippen LogP contribution in [0.15, 0.2) is 30.3 Å². The zero-order valence-corrected chi connectivity index (χ0v) is 14.9. The molecule has 25 heavy (non-hydrogen) atoms. The van der Waals surface area contributed by atoms with Crippen LogP contribution in [-0.2, 0) is 20.9 Å². The molecule has 0 spiro atoms. The first kappa shape index (κ1) is 21.3. The summed E-state index contributed by atoms with van der Waals surface area (Å²) >= 11 is 0. The fourth-order valence-electron chi connectivity index (χ4n) is 2.92. The van der Waals surface area contributed by atoms with Crippen LogP contribution in [0.25, 0.3) is 0 Å². The number of nitrogens with one attached hydrogen (secondary N) is 1. The quantitative estimate of drug-likeness (QED) is 0.615. The number of hydrogen-bond acceptors (Lipinski definition) is 5. The summed E-state index contributed by atoms with van der Waals surface area (Å²) in [4.78, 5) is 20.9. The van der Waals surface area contributed by atoms with Crippen molar-refractivity contribution >= 4 is 12.2 Å². The second-order valence-electron chi connectivity index (χ2n) is 6.45. The molecule has 2 rings (SSSR count). The Hall–Kier alpha value is -1.76. The number of carbonyl (C=O) groups is 2. The van der Waals surface area contributed by atoms with E-state index in [9.17, 15) is 9.59 Å². The van der Waals surface area contributed by atoms with Gasteiger partial charge in [0.05, 0.1) is 19.3 Å². The highest BCUT2D eigenvalue weighted by molar-refractivity contribution is 5.73. The van der Waals surface area contributed by atoms with Gasteiger partial charge in [0.1, 0.15) is 6.29 Å². The van der Waals surface area contributed by atoms with E-state index >= 15 is 0 Å². The Morgan fingerprint density at radius 2 is 2.00 bits per heavy atom. The second kappa shape index (κ2) is 11.7. The maximum absolute atomic E-state index is 11.3.